The Kier molecular flexibility index (Phi) is 3.68. The number of aliphatic carboxylic acids is 1. The molecule has 3 N–H and O–H groups in total. The molecule has 120 valence electrons. The van der Waals surface area contributed by atoms with Crippen molar-refractivity contribution in [1.29, 1.82) is 5.41 Å². The number of hydrogen-bond acceptors (Lipinski definition) is 4. The van der Waals surface area contributed by atoms with E-state index >= 15 is 0 Å². The Morgan fingerprint density at radius 1 is 1.45 bits per heavy atom. The van der Waals surface area contributed by atoms with Crippen molar-refractivity contribution in [2.75, 3.05) is 6.54 Å². The van der Waals surface area contributed by atoms with Crippen molar-refractivity contribution in [2.45, 2.75) is 50.8 Å². The van der Waals surface area contributed by atoms with Gasteiger partial charge in [-0.05, 0) is 38.2 Å². The first-order chi connectivity index (χ1) is 10.5. The van der Waals surface area contributed by atoms with Crippen molar-refractivity contribution in [3.05, 3.63) is 11.3 Å². The molecule has 3 rings (SSSR count). The molecule has 7 nitrogen and oxygen atoms in total. The molecule has 3 aliphatic heterocycles. The van der Waals surface area contributed by atoms with Crippen LogP contribution in [0, 0.1) is 11.3 Å². The predicted octanol–water partition coefficient (Wildman–Crippen LogP) is 0.398. The molecular weight excluding hydrogens is 286 g/mol. The highest BCUT2D eigenvalue weighted by Crippen LogP contribution is 2.46. The average molecular weight is 307 g/mol. The number of rotatable bonds is 4. The minimum absolute atomic E-state index is 0.0747. The van der Waals surface area contributed by atoms with Gasteiger partial charge in [0.05, 0.1) is 30.4 Å². The third-order valence-corrected chi connectivity index (χ3v) is 5.08. The number of fused-ring (bicyclic) bond motifs is 1. The van der Waals surface area contributed by atoms with Crippen LogP contribution in [0.2, 0.25) is 0 Å². The number of carboxylic acid groups (broad SMARTS) is 1. The SMILES string of the molecule is C[C@@H](O)[C@H]1C(=O)N2C(C(=O)O)=C(C3CCCCN3C=N)C[C@H]12. The van der Waals surface area contributed by atoms with Gasteiger partial charge in [0.25, 0.3) is 0 Å². The summed E-state index contributed by atoms with van der Waals surface area (Å²) in [6.07, 6.45) is 3.76. The van der Waals surface area contributed by atoms with Crippen molar-refractivity contribution < 1.29 is 19.8 Å². The van der Waals surface area contributed by atoms with Crippen LogP contribution in [0.1, 0.15) is 32.6 Å². The van der Waals surface area contributed by atoms with Crippen molar-refractivity contribution in [2.24, 2.45) is 5.92 Å². The zero-order valence-electron chi connectivity index (χ0n) is 12.5. The number of likely N-dealkylation sites (tertiary alicyclic amines) is 1. The largest absolute Gasteiger partial charge is 0.477 e. The van der Waals surface area contributed by atoms with Gasteiger partial charge in [-0.25, -0.2) is 4.79 Å². The first-order valence-corrected chi connectivity index (χ1v) is 7.71. The van der Waals surface area contributed by atoms with Gasteiger partial charge in [-0.1, -0.05) is 0 Å². The molecule has 0 aromatic heterocycles. The fraction of sp³-hybridized carbons (Fsp3) is 0.667. The summed E-state index contributed by atoms with van der Waals surface area (Å²) in [6.45, 7) is 2.31. The highest BCUT2D eigenvalue weighted by Gasteiger charge is 2.57. The number of piperidine rings is 1. The van der Waals surface area contributed by atoms with Crippen LogP contribution in [0.5, 0.6) is 0 Å². The molecule has 7 heteroatoms. The Balaban J connectivity index is 1.94. The minimum atomic E-state index is -1.09. The lowest BCUT2D eigenvalue weighted by Gasteiger charge is -2.44. The van der Waals surface area contributed by atoms with Crippen LogP contribution in [-0.2, 0) is 9.59 Å². The number of nitrogens with zero attached hydrogens (tertiary/aromatic N) is 2. The van der Waals surface area contributed by atoms with Gasteiger partial charge in [0.2, 0.25) is 5.91 Å². The normalized spacial score (nSPS) is 32.6. The number of hydrogen-bond donors (Lipinski definition) is 3. The number of carboxylic acids is 1. The number of carbonyl (C=O) groups excluding carboxylic acids is 1. The average Bonchev–Trinajstić information content (AvgIpc) is 2.81. The number of aliphatic hydroxyl groups is 1. The summed E-state index contributed by atoms with van der Waals surface area (Å²) in [5.41, 5.74) is 0.808. The van der Waals surface area contributed by atoms with Crippen LogP contribution in [0.25, 0.3) is 0 Å². The number of nitrogens with one attached hydrogen (secondary N) is 1. The van der Waals surface area contributed by atoms with E-state index in [1.807, 2.05) is 4.90 Å². The van der Waals surface area contributed by atoms with Crippen LogP contribution in [0.4, 0.5) is 0 Å². The number of aliphatic hydroxyl groups excluding tert-OH is 1. The van der Waals surface area contributed by atoms with Gasteiger partial charge in [-0.2, -0.15) is 0 Å². The standard InChI is InChI=1S/C15H21N3O4/c1-8(19)12-11-6-9(10-4-2-3-5-17(10)7-16)13(15(21)22)18(11)14(12)20/h7-8,10-12,16,19H,2-6H2,1H3,(H,21,22)/t8-,10?,11-,12-/m1/s1. The van der Waals surface area contributed by atoms with Gasteiger partial charge < -0.3 is 20.0 Å². The highest BCUT2D eigenvalue weighted by atomic mass is 16.4. The molecule has 0 radical (unpaired) electrons. The van der Waals surface area contributed by atoms with Crippen LogP contribution in [0.15, 0.2) is 11.3 Å². The van der Waals surface area contributed by atoms with E-state index in [0.717, 1.165) is 31.4 Å². The summed E-state index contributed by atoms with van der Waals surface area (Å²) < 4.78 is 0. The third kappa shape index (κ3) is 2.03. The molecule has 2 saturated heterocycles. The fourth-order valence-electron chi connectivity index (χ4n) is 4.08. The molecule has 0 aromatic carbocycles. The summed E-state index contributed by atoms with van der Waals surface area (Å²) in [6, 6.07) is -0.367. The van der Waals surface area contributed by atoms with E-state index in [-0.39, 0.29) is 23.7 Å². The first-order valence-electron chi connectivity index (χ1n) is 7.71. The molecule has 1 unspecified atom stereocenters. The van der Waals surface area contributed by atoms with Gasteiger partial charge in [-0.3, -0.25) is 10.2 Å². The lowest BCUT2D eigenvalue weighted by Crippen LogP contribution is -2.61. The molecule has 22 heavy (non-hydrogen) atoms. The van der Waals surface area contributed by atoms with Crippen LogP contribution >= 0.6 is 0 Å². The zero-order chi connectivity index (χ0) is 16.0. The maximum atomic E-state index is 12.2. The summed E-state index contributed by atoms with van der Waals surface area (Å²) >= 11 is 0. The Bertz CT molecular complexity index is 557. The van der Waals surface area contributed by atoms with E-state index in [4.69, 9.17) is 5.41 Å². The second-order valence-electron chi connectivity index (χ2n) is 6.30. The summed E-state index contributed by atoms with van der Waals surface area (Å²) in [5.74, 6) is -1.90. The molecule has 3 aliphatic rings. The topological polar surface area (TPSA) is 105 Å². The molecule has 0 aliphatic carbocycles. The smallest absolute Gasteiger partial charge is 0.352 e. The molecule has 2 fully saturated rings. The number of carbonyl (C=O) groups is 2. The molecule has 1 amide bonds. The molecule has 0 aromatic rings. The van der Waals surface area contributed by atoms with E-state index in [1.165, 1.54) is 11.2 Å². The summed E-state index contributed by atoms with van der Waals surface area (Å²) in [5, 5.41) is 26.8. The van der Waals surface area contributed by atoms with Crippen molar-refractivity contribution in [3.63, 3.8) is 0 Å². The third-order valence-electron chi connectivity index (χ3n) is 5.08. The van der Waals surface area contributed by atoms with Crippen LogP contribution in [0.3, 0.4) is 0 Å². The predicted molar refractivity (Wildman–Crippen MR) is 78.2 cm³/mol. The van der Waals surface area contributed by atoms with Crippen molar-refractivity contribution in [3.8, 4) is 0 Å². The Labute approximate surface area is 128 Å². The van der Waals surface area contributed by atoms with Gasteiger partial charge in [0.1, 0.15) is 5.70 Å². The molecule has 4 atom stereocenters. The van der Waals surface area contributed by atoms with Crippen molar-refractivity contribution in [1.82, 2.24) is 9.80 Å². The molecule has 0 bridgehead atoms. The Morgan fingerprint density at radius 2 is 2.18 bits per heavy atom. The maximum absolute atomic E-state index is 12.2. The Hall–Kier alpha value is -1.89. The number of β-lactam (4-membered cyclic amide) rings is 1. The lowest BCUT2D eigenvalue weighted by atomic mass is 9.82. The second-order valence-corrected chi connectivity index (χ2v) is 6.30. The van der Waals surface area contributed by atoms with Gasteiger partial charge in [-0.15, -0.1) is 0 Å². The van der Waals surface area contributed by atoms with E-state index in [2.05, 4.69) is 0 Å². The first kappa shape index (κ1) is 15.0. The molecular formula is C15H21N3O4. The van der Waals surface area contributed by atoms with Gasteiger partial charge in [0, 0.05) is 6.54 Å². The quantitative estimate of drug-likeness (QED) is 0.396. The zero-order valence-corrected chi connectivity index (χ0v) is 12.5. The maximum Gasteiger partial charge on any atom is 0.352 e. The molecule has 3 heterocycles. The lowest BCUT2D eigenvalue weighted by molar-refractivity contribution is -0.161. The van der Waals surface area contributed by atoms with E-state index in [0.29, 0.717) is 6.42 Å². The van der Waals surface area contributed by atoms with E-state index in [1.54, 1.807) is 6.92 Å². The second kappa shape index (κ2) is 5.39. The van der Waals surface area contributed by atoms with Gasteiger partial charge >= 0.3 is 5.97 Å². The fourth-order valence-corrected chi connectivity index (χ4v) is 4.08. The van der Waals surface area contributed by atoms with Gasteiger partial charge in [0.15, 0.2) is 0 Å². The monoisotopic (exact) mass is 307 g/mol. The minimum Gasteiger partial charge on any atom is -0.477 e. The number of amides is 1. The van der Waals surface area contributed by atoms with E-state index in [9.17, 15) is 19.8 Å². The summed E-state index contributed by atoms with van der Waals surface area (Å²) in [7, 11) is 0. The molecule has 0 saturated carbocycles. The van der Waals surface area contributed by atoms with E-state index < -0.39 is 18.0 Å². The summed E-state index contributed by atoms with van der Waals surface area (Å²) in [4.78, 5) is 27.1. The van der Waals surface area contributed by atoms with Crippen LogP contribution in [-0.4, -0.2) is 63.0 Å². The molecule has 0 spiro atoms. The van der Waals surface area contributed by atoms with Crippen LogP contribution < -0.4 is 0 Å². The Morgan fingerprint density at radius 3 is 2.77 bits per heavy atom. The van der Waals surface area contributed by atoms with Crippen molar-refractivity contribution >= 4 is 18.2 Å². The highest BCUT2D eigenvalue weighted by molar-refractivity contribution is 6.00.